The summed E-state index contributed by atoms with van der Waals surface area (Å²) in [6, 6.07) is 0. The molecular weight excluding hydrogens is 264 g/mol. The first kappa shape index (κ1) is 15.6. The number of hydrogen-bond donors (Lipinski definition) is 2. The molecule has 1 aromatic heterocycles. The van der Waals surface area contributed by atoms with Crippen molar-refractivity contribution in [2.75, 3.05) is 30.8 Å². The molecular formula is C12H22N4O2S. The molecule has 0 aromatic carbocycles. The number of rotatable bonds is 7. The SMILES string of the molecule is CCCN(CC(=O)NC)c1snc(N)c1OC(C)C. The number of anilines is 2. The first-order chi connectivity index (χ1) is 8.99. The molecule has 6 nitrogen and oxygen atoms in total. The zero-order valence-corrected chi connectivity index (χ0v) is 12.7. The van der Waals surface area contributed by atoms with Gasteiger partial charge in [-0.3, -0.25) is 4.79 Å². The van der Waals surface area contributed by atoms with E-state index in [4.69, 9.17) is 10.5 Å². The van der Waals surface area contributed by atoms with Crippen LogP contribution in [0.25, 0.3) is 0 Å². The van der Waals surface area contributed by atoms with Crippen LogP contribution in [0.2, 0.25) is 0 Å². The highest BCUT2D eigenvalue weighted by Crippen LogP contribution is 2.38. The first-order valence-corrected chi connectivity index (χ1v) is 7.14. The third-order valence-electron chi connectivity index (χ3n) is 2.40. The van der Waals surface area contributed by atoms with Gasteiger partial charge in [-0.1, -0.05) is 6.92 Å². The Labute approximate surface area is 118 Å². The van der Waals surface area contributed by atoms with Crippen molar-refractivity contribution in [1.82, 2.24) is 9.69 Å². The Kier molecular flexibility index (Phi) is 5.88. The Morgan fingerprint density at radius 3 is 2.79 bits per heavy atom. The lowest BCUT2D eigenvalue weighted by molar-refractivity contribution is -0.119. The summed E-state index contributed by atoms with van der Waals surface area (Å²) >= 11 is 1.26. The molecule has 108 valence electrons. The van der Waals surface area contributed by atoms with Crippen LogP contribution in [-0.2, 0) is 4.79 Å². The van der Waals surface area contributed by atoms with E-state index in [1.54, 1.807) is 7.05 Å². The fraction of sp³-hybridized carbons (Fsp3) is 0.667. The number of hydrogen-bond acceptors (Lipinski definition) is 6. The zero-order valence-electron chi connectivity index (χ0n) is 11.9. The van der Waals surface area contributed by atoms with Crippen LogP contribution in [0.3, 0.4) is 0 Å². The second kappa shape index (κ2) is 7.18. The van der Waals surface area contributed by atoms with Crippen LogP contribution in [0, 0.1) is 0 Å². The monoisotopic (exact) mass is 286 g/mol. The quantitative estimate of drug-likeness (QED) is 0.793. The molecule has 7 heteroatoms. The Balaban J connectivity index is 2.97. The van der Waals surface area contributed by atoms with Crippen molar-refractivity contribution >= 4 is 28.3 Å². The first-order valence-electron chi connectivity index (χ1n) is 6.36. The molecule has 0 bridgehead atoms. The third kappa shape index (κ3) is 4.27. The standard InChI is InChI=1S/C12H22N4O2S/c1-5-6-16(7-9(17)14-4)12-10(18-8(2)3)11(13)15-19-12/h8H,5-7H2,1-4H3,(H2,13,15)(H,14,17). The molecule has 0 saturated heterocycles. The number of aromatic nitrogens is 1. The van der Waals surface area contributed by atoms with E-state index >= 15 is 0 Å². The van der Waals surface area contributed by atoms with Crippen LogP contribution in [0.15, 0.2) is 0 Å². The van der Waals surface area contributed by atoms with Crippen LogP contribution >= 0.6 is 11.5 Å². The van der Waals surface area contributed by atoms with Crippen molar-refractivity contribution < 1.29 is 9.53 Å². The summed E-state index contributed by atoms with van der Waals surface area (Å²) in [5, 5.41) is 3.44. The maximum atomic E-state index is 11.6. The number of amides is 1. The highest BCUT2D eigenvalue weighted by molar-refractivity contribution is 7.11. The molecule has 0 spiro atoms. The van der Waals surface area contributed by atoms with Crippen LogP contribution in [0.4, 0.5) is 10.8 Å². The van der Waals surface area contributed by atoms with Gasteiger partial charge in [0.15, 0.2) is 16.6 Å². The molecule has 0 saturated carbocycles. The minimum Gasteiger partial charge on any atom is -0.484 e. The normalized spacial score (nSPS) is 10.6. The average molecular weight is 286 g/mol. The van der Waals surface area contributed by atoms with Gasteiger partial charge in [-0.15, -0.1) is 0 Å². The summed E-state index contributed by atoms with van der Waals surface area (Å²) in [5.41, 5.74) is 5.83. The Morgan fingerprint density at radius 2 is 2.26 bits per heavy atom. The minimum atomic E-state index is -0.0454. The zero-order chi connectivity index (χ0) is 14.4. The van der Waals surface area contributed by atoms with Gasteiger partial charge in [0.1, 0.15) is 0 Å². The summed E-state index contributed by atoms with van der Waals surface area (Å²) in [7, 11) is 1.62. The van der Waals surface area contributed by atoms with Gasteiger partial charge in [0.2, 0.25) is 5.91 Å². The maximum Gasteiger partial charge on any atom is 0.239 e. The molecule has 1 rings (SSSR count). The smallest absolute Gasteiger partial charge is 0.239 e. The van der Waals surface area contributed by atoms with Crippen molar-refractivity contribution in [3.8, 4) is 5.75 Å². The van der Waals surface area contributed by atoms with E-state index in [0.29, 0.717) is 11.6 Å². The number of ether oxygens (including phenoxy) is 1. The molecule has 0 radical (unpaired) electrons. The largest absolute Gasteiger partial charge is 0.484 e. The second-order valence-corrected chi connectivity index (χ2v) is 5.22. The van der Waals surface area contributed by atoms with Gasteiger partial charge in [0, 0.05) is 13.6 Å². The predicted molar refractivity (Wildman–Crippen MR) is 78.9 cm³/mol. The predicted octanol–water partition coefficient (Wildman–Crippen LogP) is 1.47. The highest BCUT2D eigenvalue weighted by Gasteiger charge is 2.21. The van der Waals surface area contributed by atoms with E-state index in [2.05, 4.69) is 16.6 Å². The fourth-order valence-electron chi connectivity index (χ4n) is 1.61. The number of nitrogens with two attached hydrogens (primary N) is 1. The Bertz CT molecular complexity index is 420. The van der Waals surface area contributed by atoms with Gasteiger partial charge >= 0.3 is 0 Å². The number of nitrogen functional groups attached to an aromatic ring is 1. The molecule has 0 atom stereocenters. The van der Waals surface area contributed by atoms with Crippen molar-refractivity contribution in [3.05, 3.63) is 0 Å². The van der Waals surface area contributed by atoms with E-state index in [0.717, 1.165) is 18.0 Å². The maximum absolute atomic E-state index is 11.6. The number of carbonyl (C=O) groups excluding carboxylic acids is 1. The van der Waals surface area contributed by atoms with E-state index in [-0.39, 0.29) is 18.6 Å². The summed E-state index contributed by atoms with van der Waals surface area (Å²) in [5.74, 6) is 0.917. The van der Waals surface area contributed by atoms with E-state index < -0.39 is 0 Å². The van der Waals surface area contributed by atoms with Crippen LogP contribution in [0.5, 0.6) is 5.75 Å². The minimum absolute atomic E-state index is 0.0147. The molecule has 3 N–H and O–H groups in total. The fourth-order valence-corrected chi connectivity index (χ4v) is 2.38. The molecule has 0 unspecified atom stereocenters. The van der Waals surface area contributed by atoms with Crippen LogP contribution < -0.4 is 20.7 Å². The average Bonchev–Trinajstić information content (AvgIpc) is 2.70. The molecule has 1 heterocycles. The topological polar surface area (TPSA) is 80.5 Å². The molecule has 19 heavy (non-hydrogen) atoms. The van der Waals surface area contributed by atoms with E-state index in [1.165, 1.54) is 11.5 Å². The molecule has 1 aromatic rings. The highest BCUT2D eigenvalue weighted by atomic mass is 32.1. The van der Waals surface area contributed by atoms with Crippen molar-refractivity contribution in [2.45, 2.75) is 33.3 Å². The van der Waals surface area contributed by atoms with Gasteiger partial charge in [-0.05, 0) is 31.8 Å². The number of carbonyl (C=O) groups is 1. The summed E-state index contributed by atoms with van der Waals surface area (Å²) in [6.07, 6.45) is 0.941. The lowest BCUT2D eigenvalue weighted by Crippen LogP contribution is -2.36. The Morgan fingerprint density at radius 1 is 1.58 bits per heavy atom. The van der Waals surface area contributed by atoms with E-state index in [1.807, 2.05) is 18.7 Å². The molecule has 0 aliphatic carbocycles. The van der Waals surface area contributed by atoms with Crippen LogP contribution in [-0.4, -0.2) is 36.5 Å². The second-order valence-electron chi connectivity index (χ2n) is 4.46. The van der Waals surface area contributed by atoms with Gasteiger partial charge in [0.05, 0.1) is 12.6 Å². The summed E-state index contributed by atoms with van der Waals surface area (Å²) in [6.45, 7) is 6.96. The summed E-state index contributed by atoms with van der Waals surface area (Å²) < 4.78 is 9.84. The lowest BCUT2D eigenvalue weighted by Gasteiger charge is -2.23. The van der Waals surface area contributed by atoms with Gasteiger partial charge in [-0.2, -0.15) is 4.37 Å². The third-order valence-corrected chi connectivity index (χ3v) is 3.31. The van der Waals surface area contributed by atoms with Gasteiger partial charge in [0.25, 0.3) is 0 Å². The van der Waals surface area contributed by atoms with Gasteiger partial charge in [-0.25, -0.2) is 0 Å². The molecule has 0 aliphatic rings. The number of nitrogens with zero attached hydrogens (tertiary/aromatic N) is 2. The number of nitrogens with one attached hydrogen (secondary N) is 1. The lowest BCUT2D eigenvalue weighted by atomic mass is 10.3. The molecule has 0 fully saturated rings. The number of likely N-dealkylation sites (N-methyl/N-ethyl adjacent to an activating group) is 1. The van der Waals surface area contributed by atoms with Crippen molar-refractivity contribution in [3.63, 3.8) is 0 Å². The van der Waals surface area contributed by atoms with Crippen LogP contribution in [0.1, 0.15) is 27.2 Å². The van der Waals surface area contributed by atoms with Gasteiger partial charge < -0.3 is 20.7 Å². The van der Waals surface area contributed by atoms with E-state index in [9.17, 15) is 4.79 Å². The van der Waals surface area contributed by atoms with Crippen molar-refractivity contribution in [1.29, 1.82) is 0 Å². The molecule has 0 aliphatic heterocycles. The summed E-state index contributed by atoms with van der Waals surface area (Å²) in [4.78, 5) is 13.5. The Hall–Kier alpha value is -1.50. The molecule has 1 amide bonds. The van der Waals surface area contributed by atoms with Crippen molar-refractivity contribution in [2.24, 2.45) is 0 Å².